The second-order valence-electron chi connectivity index (χ2n) is 5.74. The maximum Gasteiger partial charge on any atom is 0.0572 e. The van der Waals surface area contributed by atoms with Crippen molar-refractivity contribution >= 4 is 32.6 Å². The van der Waals surface area contributed by atoms with E-state index in [4.69, 9.17) is 0 Å². The quantitative estimate of drug-likeness (QED) is 0.408. The van der Waals surface area contributed by atoms with Crippen LogP contribution in [0.1, 0.15) is 0 Å². The molecule has 0 amide bonds. The van der Waals surface area contributed by atoms with Gasteiger partial charge in [-0.25, -0.2) is 0 Å². The van der Waals surface area contributed by atoms with Gasteiger partial charge in [0.2, 0.25) is 0 Å². The van der Waals surface area contributed by atoms with Gasteiger partial charge in [0.05, 0.1) is 11.0 Å². The van der Waals surface area contributed by atoms with Gasteiger partial charge >= 0.3 is 0 Å². The molecule has 2 heterocycles. The molecule has 0 saturated heterocycles. The normalized spacial score (nSPS) is 11.5. The molecule has 23 heavy (non-hydrogen) atoms. The monoisotopic (exact) mass is 294 g/mol. The van der Waals surface area contributed by atoms with Gasteiger partial charge in [-0.3, -0.25) is 4.98 Å². The summed E-state index contributed by atoms with van der Waals surface area (Å²) >= 11 is 0. The third-order valence-electron chi connectivity index (χ3n) is 4.47. The van der Waals surface area contributed by atoms with Crippen LogP contribution in [-0.2, 0) is 0 Å². The summed E-state index contributed by atoms with van der Waals surface area (Å²) < 4.78 is 2.32. The zero-order valence-corrected chi connectivity index (χ0v) is 12.5. The molecule has 5 aromatic rings. The molecule has 3 aromatic carbocycles. The van der Waals surface area contributed by atoms with Gasteiger partial charge in [-0.2, -0.15) is 0 Å². The van der Waals surface area contributed by atoms with Crippen LogP contribution in [0, 0.1) is 0 Å². The summed E-state index contributed by atoms with van der Waals surface area (Å²) in [5, 5.41) is 5.01. The highest BCUT2D eigenvalue weighted by Gasteiger charge is 2.14. The lowest BCUT2D eigenvalue weighted by atomic mass is 10.0. The third-order valence-corrected chi connectivity index (χ3v) is 4.47. The molecule has 0 N–H and O–H groups in total. The van der Waals surface area contributed by atoms with E-state index in [2.05, 4.69) is 76.3 Å². The highest BCUT2D eigenvalue weighted by atomic mass is 15.0. The molecule has 0 saturated carbocycles. The number of pyridine rings is 1. The Balaban J connectivity index is 2.07. The minimum atomic E-state index is 1.17. The molecule has 2 heteroatoms. The highest BCUT2D eigenvalue weighted by molar-refractivity contribution is 6.21. The van der Waals surface area contributed by atoms with Crippen LogP contribution in [0.3, 0.4) is 0 Å². The summed E-state index contributed by atoms with van der Waals surface area (Å²) in [6.07, 6.45) is 3.84. The van der Waals surface area contributed by atoms with E-state index in [9.17, 15) is 0 Å². The number of aromatic nitrogens is 2. The number of hydrogen-bond acceptors (Lipinski definition) is 1. The van der Waals surface area contributed by atoms with Gasteiger partial charge in [0.15, 0.2) is 0 Å². The maximum absolute atomic E-state index is 4.36. The fourth-order valence-corrected chi connectivity index (χ4v) is 3.49. The predicted octanol–water partition coefficient (Wildman–Crippen LogP) is 5.33. The third kappa shape index (κ3) is 1.72. The molecule has 5 rings (SSSR count). The van der Waals surface area contributed by atoms with Crippen molar-refractivity contribution in [2.24, 2.45) is 0 Å². The predicted molar refractivity (Wildman–Crippen MR) is 96.1 cm³/mol. The van der Waals surface area contributed by atoms with E-state index in [-0.39, 0.29) is 0 Å². The molecular formula is C21H14N2. The van der Waals surface area contributed by atoms with Crippen molar-refractivity contribution in [3.8, 4) is 5.69 Å². The fraction of sp³-hybridized carbons (Fsp3) is 0. The van der Waals surface area contributed by atoms with Gasteiger partial charge in [-0.05, 0) is 35.0 Å². The van der Waals surface area contributed by atoms with Gasteiger partial charge in [0.1, 0.15) is 0 Å². The van der Waals surface area contributed by atoms with Crippen molar-refractivity contribution in [3.05, 3.63) is 85.2 Å². The minimum absolute atomic E-state index is 1.17. The second-order valence-corrected chi connectivity index (χ2v) is 5.74. The van der Waals surface area contributed by atoms with Crippen molar-refractivity contribution in [2.75, 3.05) is 0 Å². The topological polar surface area (TPSA) is 17.8 Å². The lowest BCUT2D eigenvalue weighted by molar-refractivity contribution is 1.18. The van der Waals surface area contributed by atoms with Crippen LogP contribution >= 0.6 is 0 Å². The van der Waals surface area contributed by atoms with Gasteiger partial charge in [0.25, 0.3) is 0 Å². The molecule has 2 nitrogen and oxygen atoms in total. The minimum Gasteiger partial charge on any atom is -0.309 e. The number of fused-ring (bicyclic) bond motifs is 5. The Morgan fingerprint density at radius 1 is 0.652 bits per heavy atom. The first-order chi connectivity index (χ1) is 11.4. The SMILES string of the molecule is c1ccc(-n2c3ccncc3c3c4ccccc4ccc32)cc1. The van der Waals surface area contributed by atoms with E-state index in [0.717, 1.165) is 0 Å². The van der Waals surface area contributed by atoms with Crippen LogP contribution < -0.4 is 0 Å². The summed E-state index contributed by atoms with van der Waals surface area (Å²) in [6, 6.07) is 25.6. The molecule has 108 valence electrons. The molecule has 0 unspecified atom stereocenters. The Morgan fingerprint density at radius 3 is 2.39 bits per heavy atom. The van der Waals surface area contributed by atoms with E-state index < -0.39 is 0 Å². The zero-order valence-electron chi connectivity index (χ0n) is 12.5. The van der Waals surface area contributed by atoms with E-state index in [1.807, 2.05) is 18.5 Å². The average Bonchev–Trinajstić information content (AvgIpc) is 2.97. The van der Waals surface area contributed by atoms with Crippen LogP contribution in [-0.4, -0.2) is 9.55 Å². The van der Waals surface area contributed by atoms with Crippen molar-refractivity contribution < 1.29 is 0 Å². The van der Waals surface area contributed by atoms with Crippen molar-refractivity contribution in [1.82, 2.24) is 9.55 Å². The number of benzene rings is 3. The second kappa shape index (κ2) is 4.68. The van der Waals surface area contributed by atoms with Crippen LogP contribution in [0.25, 0.3) is 38.3 Å². The number of para-hydroxylation sites is 1. The van der Waals surface area contributed by atoms with Crippen LogP contribution in [0.5, 0.6) is 0 Å². The van der Waals surface area contributed by atoms with Crippen molar-refractivity contribution in [2.45, 2.75) is 0 Å². The van der Waals surface area contributed by atoms with E-state index in [1.54, 1.807) is 0 Å². The van der Waals surface area contributed by atoms with Crippen LogP contribution in [0.4, 0.5) is 0 Å². The fourth-order valence-electron chi connectivity index (χ4n) is 3.49. The van der Waals surface area contributed by atoms with Crippen LogP contribution in [0.2, 0.25) is 0 Å². The Morgan fingerprint density at radius 2 is 1.48 bits per heavy atom. The number of nitrogens with zero attached hydrogens (tertiary/aromatic N) is 2. The van der Waals surface area contributed by atoms with E-state index >= 15 is 0 Å². The molecule has 0 spiro atoms. The number of hydrogen-bond donors (Lipinski definition) is 0. The van der Waals surface area contributed by atoms with Gasteiger partial charge in [-0.15, -0.1) is 0 Å². The first-order valence-corrected chi connectivity index (χ1v) is 7.75. The van der Waals surface area contributed by atoms with E-state index in [0.29, 0.717) is 0 Å². The summed E-state index contributed by atoms with van der Waals surface area (Å²) in [7, 11) is 0. The van der Waals surface area contributed by atoms with Gasteiger partial charge in [-0.1, -0.05) is 48.5 Å². The molecule has 0 aliphatic rings. The maximum atomic E-state index is 4.36. The molecule has 0 bridgehead atoms. The largest absolute Gasteiger partial charge is 0.309 e. The Labute approximate surface area is 133 Å². The van der Waals surface area contributed by atoms with Gasteiger partial charge in [0, 0.05) is 28.9 Å². The Hall–Kier alpha value is -3.13. The van der Waals surface area contributed by atoms with Crippen molar-refractivity contribution in [3.63, 3.8) is 0 Å². The Kier molecular flexibility index (Phi) is 2.53. The molecule has 0 fully saturated rings. The smallest absolute Gasteiger partial charge is 0.0572 e. The van der Waals surface area contributed by atoms with Crippen LogP contribution in [0.15, 0.2) is 85.2 Å². The average molecular weight is 294 g/mol. The molecular weight excluding hydrogens is 280 g/mol. The number of rotatable bonds is 1. The summed E-state index contributed by atoms with van der Waals surface area (Å²) in [4.78, 5) is 4.36. The molecule has 2 aromatic heterocycles. The summed E-state index contributed by atoms with van der Waals surface area (Å²) in [6.45, 7) is 0. The summed E-state index contributed by atoms with van der Waals surface area (Å²) in [5.41, 5.74) is 3.59. The van der Waals surface area contributed by atoms with Crippen molar-refractivity contribution in [1.29, 1.82) is 0 Å². The highest BCUT2D eigenvalue weighted by Crippen LogP contribution is 2.36. The zero-order chi connectivity index (χ0) is 15.2. The molecule has 0 radical (unpaired) electrons. The lowest BCUT2D eigenvalue weighted by Gasteiger charge is -2.07. The molecule has 0 atom stereocenters. The summed E-state index contributed by atoms with van der Waals surface area (Å²) in [5.74, 6) is 0. The van der Waals surface area contributed by atoms with E-state index in [1.165, 1.54) is 38.3 Å². The molecule has 0 aliphatic heterocycles. The first kappa shape index (κ1) is 12.4. The first-order valence-electron chi connectivity index (χ1n) is 7.75. The standard InChI is InChI=1S/C21H14N2/c1-2-7-16(8-3-1)23-19-12-13-22-14-18(19)21-17-9-5-4-6-15(17)10-11-20(21)23/h1-14H. The Bertz CT molecular complexity index is 1150. The molecule has 0 aliphatic carbocycles. The van der Waals surface area contributed by atoms with Gasteiger partial charge < -0.3 is 4.57 Å². The lowest BCUT2D eigenvalue weighted by Crippen LogP contribution is -1.92.